The van der Waals surface area contributed by atoms with E-state index in [-0.39, 0.29) is 47.8 Å². The van der Waals surface area contributed by atoms with Crippen molar-refractivity contribution in [2.24, 2.45) is 0 Å². The number of methoxy groups -OCH3 is 1. The fourth-order valence-electron chi connectivity index (χ4n) is 4.22. The smallest absolute Gasteiger partial charge is 0.335 e. The van der Waals surface area contributed by atoms with E-state index in [4.69, 9.17) is 9.47 Å². The van der Waals surface area contributed by atoms with Crippen LogP contribution in [0.3, 0.4) is 0 Å². The van der Waals surface area contributed by atoms with E-state index in [9.17, 15) is 18.0 Å². The number of hydrogen-bond acceptors (Lipinski definition) is 7. The van der Waals surface area contributed by atoms with Crippen molar-refractivity contribution in [3.05, 3.63) is 58.5 Å². The first kappa shape index (κ1) is 22.5. The van der Waals surface area contributed by atoms with Gasteiger partial charge in [0.15, 0.2) is 0 Å². The van der Waals surface area contributed by atoms with Gasteiger partial charge < -0.3 is 14.8 Å². The maximum Gasteiger partial charge on any atom is 0.335 e. The highest BCUT2D eigenvalue weighted by atomic mass is 32.2. The largest absolute Gasteiger partial charge is 0.496 e. The molecule has 1 fully saturated rings. The first-order valence-corrected chi connectivity index (χ1v) is 12.5. The molecular formula is C22H24N2O6S2. The summed E-state index contributed by atoms with van der Waals surface area (Å²) in [6, 6.07) is 10.6. The number of benzene rings is 1. The third-order valence-corrected chi connectivity index (χ3v) is 9.17. The van der Waals surface area contributed by atoms with Crippen molar-refractivity contribution < 1.29 is 27.5 Å². The van der Waals surface area contributed by atoms with Gasteiger partial charge in [0.1, 0.15) is 15.6 Å². The Kier molecular flexibility index (Phi) is 6.11. The van der Waals surface area contributed by atoms with Crippen molar-refractivity contribution in [2.45, 2.75) is 36.1 Å². The SMILES string of the molecule is COc1ccccc1CNC(=O)C1=C(C)C(=O)OC12CCN(S(=O)(=O)c1cccs1)CC2. The number of carbonyl (C=O) groups excluding carboxylic acids is 2. The molecular weight excluding hydrogens is 452 g/mol. The van der Waals surface area contributed by atoms with Gasteiger partial charge >= 0.3 is 5.97 Å². The van der Waals surface area contributed by atoms with Crippen LogP contribution in [-0.2, 0) is 30.9 Å². The van der Waals surface area contributed by atoms with Crippen LogP contribution < -0.4 is 10.1 Å². The summed E-state index contributed by atoms with van der Waals surface area (Å²) in [6.07, 6.45) is 0.441. The number of hydrogen-bond donors (Lipinski definition) is 1. The standard InChI is InChI=1S/C22H24N2O6S2/c1-15-19(20(25)23-14-16-6-3-4-7-17(16)29-2)22(30-21(15)26)9-11-24(12-10-22)32(27,28)18-8-5-13-31-18/h3-8,13H,9-12,14H2,1-2H3,(H,23,25). The Balaban J connectivity index is 1.51. The molecule has 0 atom stereocenters. The van der Waals surface area contributed by atoms with Crippen LogP contribution in [0.4, 0.5) is 0 Å². The van der Waals surface area contributed by atoms with Crippen molar-refractivity contribution in [3.8, 4) is 5.75 Å². The van der Waals surface area contributed by atoms with Crippen LogP contribution in [0, 0.1) is 0 Å². The second kappa shape index (κ2) is 8.68. The van der Waals surface area contributed by atoms with Gasteiger partial charge in [-0.05, 0) is 24.4 Å². The maximum absolute atomic E-state index is 13.1. The summed E-state index contributed by atoms with van der Waals surface area (Å²) in [5, 5.41) is 4.58. The molecule has 0 bridgehead atoms. The minimum absolute atomic E-state index is 0.157. The third-order valence-electron chi connectivity index (χ3n) is 5.90. The zero-order valence-electron chi connectivity index (χ0n) is 17.8. The Labute approximate surface area is 190 Å². The zero-order valence-corrected chi connectivity index (χ0v) is 19.4. The lowest BCUT2D eigenvalue weighted by Crippen LogP contribution is -2.50. The van der Waals surface area contributed by atoms with E-state index in [1.54, 1.807) is 37.6 Å². The van der Waals surface area contributed by atoms with E-state index >= 15 is 0 Å². The minimum atomic E-state index is -3.60. The summed E-state index contributed by atoms with van der Waals surface area (Å²) in [5.74, 6) is -0.283. The number of sulfonamides is 1. The fourth-order valence-corrected chi connectivity index (χ4v) is 6.80. The molecule has 170 valence electrons. The predicted molar refractivity (Wildman–Crippen MR) is 119 cm³/mol. The minimum Gasteiger partial charge on any atom is -0.496 e. The highest BCUT2D eigenvalue weighted by molar-refractivity contribution is 7.91. The molecule has 1 aromatic carbocycles. The summed E-state index contributed by atoms with van der Waals surface area (Å²) < 4.78 is 38.3. The van der Waals surface area contributed by atoms with Crippen molar-refractivity contribution in [1.29, 1.82) is 0 Å². The highest BCUT2D eigenvalue weighted by Gasteiger charge is 2.52. The Morgan fingerprint density at radius 1 is 1.22 bits per heavy atom. The topological polar surface area (TPSA) is 102 Å². The molecule has 1 saturated heterocycles. The predicted octanol–water partition coefficient (Wildman–Crippen LogP) is 2.47. The number of ether oxygens (including phenoxy) is 2. The molecule has 2 aliphatic heterocycles. The van der Waals surface area contributed by atoms with Gasteiger partial charge in [-0.25, -0.2) is 13.2 Å². The molecule has 0 unspecified atom stereocenters. The van der Waals surface area contributed by atoms with E-state index in [0.29, 0.717) is 5.75 Å². The van der Waals surface area contributed by atoms with E-state index in [1.807, 2.05) is 18.2 Å². The Bertz CT molecular complexity index is 1160. The van der Waals surface area contributed by atoms with Gasteiger partial charge in [0.05, 0.1) is 12.7 Å². The fraction of sp³-hybridized carbons (Fsp3) is 0.364. The molecule has 8 nitrogen and oxygen atoms in total. The molecule has 1 aromatic heterocycles. The van der Waals surface area contributed by atoms with E-state index in [0.717, 1.165) is 16.9 Å². The number of rotatable bonds is 6. The highest BCUT2D eigenvalue weighted by Crippen LogP contribution is 2.42. The van der Waals surface area contributed by atoms with E-state index in [1.165, 1.54) is 4.31 Å². The number of esters is 1. The number of nitrogens with one attached hydrogen (secondary N) is 1. The first-order valence-electron chi connectivity index (χ1n) is 10.2. The van der Waals surface area contributed by atoms with Crippen LogP contribution in [0.5, 0.6) is 5.75 Å². The van der Waals surface area contributed by atoms with Gasteiger partial charge in [0, 0.05) is 43.6 Å². The Hall–Kier alpha value is -2.69. The lowest BCUT2D eigenvalue weighted by atomic mass is 9.83. The maximum atomic E-state index is 13.1. The third kappa shape index (κ3) is 3.94. The van der Waals surface area contributed by atoms with Crippen molar-refractivity contribution in [3.63, 3.8) is 0 Å². The summed E-state index contributed by atoms with van der Waals surface area (Å²) in [7, 11) is -2.04. The van der Waals surface area contributed by atoms with Crippen LogP contribution in [0.1, 0.15) is 25.3 Å². The molecule has 32 heavy (non-hydrogen) atoms. The lowest BCUT2D eigenvalue weighted by molar-refractivity contribution is -0.150. The van der Waals surface area contributed by atoms with Crippen LogP contribution in [-0.4, -0.2) is 50.4 Å². The second-order valence-electron chi connectivity index (χ2n) is 7.71. The van der Waals surface area contributed by atoms with Gasteiger partial charge in [-0.2, -0.15) is 4.31 Å². The molecule has 3 heterocycles. The monoisotopic (exact) mass is 476 g/mol. The molecule has 0 radical (unpaired) electrons. The number of thiophene rings is 1. The quantitative estimate of drug-likeness (QED) is 0.643. The molecule has 0 aliphatic carbocycles. The van der Waals surface area contributed by atoms with Gasteiger partial charge in [-0.1, -0.05) is 24.3 Å². The van der Waals surface area contributed by atoms with E-state index in [2.05, 4.69) is 5.32 Å². The molecule has 1 amide bonds. The van der Waals surface area contributed by atoms with Crippen molar-refractivity contribution in [2.75, 3.05) is 20.2 Å². The van der Waals surface area contributed by atoms with Crippen LogP contribution in [0.2, 0.25) is 0 Å². The molecule has 1 spiro atoms. The Morgan fingerprint density at radius 2 is 1.94 bits per heavy atom. The van der Waals surface area contributed by atoms with Crippen LogP contribution in [0.25, 0.3) is 0 Å². The van der Waals surface area contributed by atoms with Crippen molar-refractivity contribution in [1.82, 2.24) is 9.62 Å². The number of para-hydroxylation sites is 1. The second-order valence-corrected chi connectivity index (χ2v) is 10.8. The van der Waals surface area contributed by atoms with Gasteiger partial charge in [0.2, 0.25) is 0 Å². The average molecular weight is 477 g/mol. The average Bonchev–Trinajstić information content (AvgIpc) is 3.41. The number of amides is 1. The van der Waals surface area contributed by atoms with Gasteiger partial charge in [-0.3, -0.25) is 4.79 Å². The van der Waals surface area contributed by atoms with Gasteiger partial charge in [0.25, 0.3) is 15.9 Å². The molecule has 4 rings (SSSR count). The molecule has 1 N–H and O–H groups in total. The number of nitrogens with zero attached hydrogens (tertiary/aromatic N) is 1. The van der Waals surface area contributed by atoms with Gasteiger partial charge in [-0.15, -0.1) is 11.3 Å². The lowest BCUT2D eigenvalue weighted by Gasteiger charge is -2.38. The molecule has 10 heteroatoms. The first-order chi connectivity index (χ1) is 15.3. The van der Waals surface area contributed by atoms with Crippen molar-refractivity contribution >= 4 is 33.2 Å². The number of carbonyl (C=O) groups is 2. The molecule has 0 saturated carbocycles. The summed E-state index contributed by atoms with van der Waals surface area (Å²) in [6.45, 7) is 2.11. The van der Waals surface area contributed by atoms with Crippen LogP contribution >= 0.6 is 11.3 Å². The molecule has 2 aliphatic rings. The summed E-state index contributed by atoms with van der Waals surface area (Å²) >= 11 is 1.16. The summed E-state index contributed by atoms with van der Waals surface area (Å²) in [5.41, 5.74) is 0.230. The summed E-state index contributed by atoms with van der Waals surface area (Å²) in [4.78, 5) is 25.5. The van der Waals surface area contributed by atoms with Crippen LogP contribution in [0.15, 0.2) is 57.1 Å². The normalized spacial score (nSPS) is 18.6. The zero-order chi connectivity index (χ0) is 22.9. The molecule has 2 aromatic rings. The Morgan fingerprint density at radius 3 is 2.59 bits per heavy atom. The van der Waals surface area contributed by atoms with E-state index < -0.39 is 27.5 Å². The number of piperidine rings is 1.